The van der Waals surface area contributed by atoms with Crippen molar-refractivity contribution in [3.63, 3.8) is 0 Å². The van der Waals surface area contributed by atoms with Crippen LogP contribution in [-0.2, 0) is 4.79 Å². The number of likely N-dealkylation sites (N-methyl/N-ethyl adjacent to an activating group) is 1. The molecule has 0 radical (unpaired) electrons. The molecule has 0 bridgehead atoms. The fourth-order valence-electron chi connectivity index (χ4n) is 3.34. The lowest BCUT2D eigenvalue weighted by Crippen LogP contribution is -2.36. The number of amides is 1. The number of carbonyl (C=O) groups is 1. The molecule has 0 saturated heterocycles. The van der Waals surface area contributed by atoms with Gasteiger partial charge >= 0.3 is 0 Å². The summed E-state index contributed by atoms with van der Waals surface area (Å²) in [4.78, 5) is 11.3. The standard InChI is InChI=1S/C21H26N4O3/c1-22-15-4-3-5-16(13-15)28-21-11-9-18(24-25-21)17-8-6-14(12-19(17)26)7-10-20(27)23-2/h6-12,15-16,22,26H,3-5,13H2,1-2H3,(H,23,27)/b10-7+/t15-,16-/m1/s1. The lowest BCUT2D eigenvalue weighted by molar-refractivity contribution is -0.115. The molecule has 0 spiro atoms. The molecule has 1 aliphatic rings. The molecule has 148 valence electrons. The van der Waals surface area contributed by atoms with E-state index in [4.69, 9.17) is 4.74 Å². The van der Waals surface area contributed by atoms with Gasteiger partial charge in [-0.1, -0.05) is 6.07 Å². The average molecular weight is 382 g/mol. The van der Waals surface area contributed by atoms with Gasteiger partial charge < -0.3 is 20.5 Å². The zero-order valence-electron chi connectivity index (χ0n) is 16.2. The van der Waals surface area contributed by atoms with Gasteiger partial charge in [-0.2, -0.15) is 0 Å². The number of hydrogen-bond donors (Lipinski definition) is 3. The summed E-state index contributed by atoms with van der Waals surface area (Å²) in [7, 11) is 3.54. The molecule has 1 aromatic carbocycles. The summed E-state index contributed by atoms with van der Waals surface area (Å²) >= 11 is 0. The molecule has 1 saturated carbocycles. The Balaban J connectivity index is 1.67. The van der Waals surface area contributed by atoms with E-state index in [1.165, 1.54) is 12.5 Å². The van der Waals surface area contributed by atoms with Crippen LogP contribution in [0.2, 0.25) is 0 Å². The molecule has 1 aromatic heterocycles. The van der Waals surface area contributed by atoms with Gasteiger partial charge in [0.25, 0.3) is 0 Å². The molecule has 2 aromatic rings. The van der Waals surface area contributed by atoms with Crippen LogP contribution in [0, 0.1) is 0 Å². The first-order chi connectivity index (χ1) is 13.6. The maximum absolute atomic E-state index is 11.3. The van der Waals surface area contributed by atoms with Crippen molar-refractivity contribution in [1.29, 1.82) is 0 Å². The Morgan fingerprint density at radius 3 is 2.75 bits per heavy atom. The molecule has 1 amide bonds. The summed E-state index contributed by atoms with van der Waals surface area (Å²) < 4.78 is 5.97. The number of benzene rings is 1. The van der Waals surface area contributed by atoms with Crippen molar-refractivity contribution in [2.45, 2.75) is 37.8 Å². The van der Waals surface area contributed by atoms with Crippen molar-refractivity contribution < 1.29 is 14.6 Å². The van der Waals surface area contributed by atoms with E-state index in [9.17, 15) is 9.90 Å². The number of rotatable bonds is 6. The minimum absolute atomic E-state index is 0.0752. The van der Waals surface area contributed by atoms with Crippen molar-refractivity contribution in [1.82, 2.24) is 20.8 Å². The molecule has 3 N–H and O–H groups in total. The summed E-state index contributed by atoms with van der Waals surface area (Å²) in [6.45, 7) is 0. The number of hydrogen-bond acceptors (Lipinski definition) is 6. The number of ether oxygens (including phenoxy) is 1. The highest BCUT2D eigenvalue weighted by Gasteiger charge is 2.22. The Morgan fingerprint density at radius 1 is 1.21 bits per heavy atom. The van der Waals surface area contributed by atoms with Gasteiger partial charge in [0.05, 0.1) is 5.69 Å². The molecular weight excluding hydrogens is 356 g/mol. The number of phenolic OH excluding ortho intramolecular Hbond substituents is 1. The van der Waals surface area contributed by atoms with Crippen LogP contribution in [0.3, 0.4) is 0 Å². The molecule has 28 heavy (non-hydrogen) atoms. The first-order valence-corrected chi connectivity index (χ1v) is 9.50. The number of carbonyl (C=O) groups excluding carboxylic acids is 1. The molecule has 0 aliphatic heterocycles. The monoisotopic (exact) mass is 382 g/mol. The lowest BCUT2D eigenvalue weighted by atomic mass is 9.93. The predicted molar refractivity (Wildman–Crippen MR) is 108 cm³/mol. The van der Waals surface area contributed by atoms with E-state index in [0.717, 1.165) is 19.3 Å². The first-order valence-electron chi connectivity index (χ1n) is 9.50. The Labute approximate surface area is 164 Å². The minimum atomic E-state index is -0.205. The fourth-order valence-corrected chi connectivity index (χ4v) is 3.34. The number of nitrogens with one attached hydrogen (secondary N) is 2. The van der Waals surface area contributed by atoms with Crippen LogP contribution in [0.4, 0.5) is 0 Å². The highest BCUT2D eigenvalue weighted by atomic mass is 16.5. The summed E-state index contributed by atoms with van der Waals surface area (Å²) in [6, 6.07) is 9.20. The van der Waals surface area contributed by atoms with Crippen LogP contribution >= 0.6 is 0 Å². The molecule has 1 heterocycles. The third kappa shape index (κ3) is 5.07. The third-order valence-electron chi connectivity index (χ3n) is 4.93. The van der Waals surface area contributed by atoms with Crippen LogP contribution in [-0.4, -0.2) is 47.5 Å². The van der Waals surface area contributed by atoms with Gasteiger partial charge in [0.15, 0.2) is 0 Å². The van der Waals surface area contributed by atoms with E-state index in [-0.39, 0.29) is 17.8 Å². The van der Waals surface area contributed by atoms with Gasteiger partial charge in [0, 0.05) is 30.8 Å². The third-order valence-corrected chi connectivity index (χ3v) is 4.93. The van der Waals surface area contributed by atoms with Gasteiger partial charge in [0.1, 0.15) is 11.9 Å². The average Bonchev–Trinajstić information content (AvgIpc) is 2.73. The van der Waals surface area contributed by atoms with Crippen LogP contribution < -0.4 is 15.4 Å². The second kappa shape index (κ2) is 9.32. The number of aromatic hydroxyl groups is 1. The number of aromatic nitrogens is 2. The first kappa shape index (κ1) is 19.8. The van der Waals surface area contributed by atoms with Crippen molar-refractivity contribution in [3.8, 4) is 22.9 Å². The normalized spacial score (nSPS) is 19.5. The summed E-state index contributed by atoms with van der Waals surface area (Å²) in [5.41, 5.74) is 1.85. The molecule has 2 atom stereocenters. The minimum Gasteiger partial charge on any atom is -0.507 e. The van der Waals surface area contributed by atoms with Crippen LogP contribution in [0.1, 0.15) is 31.2 Å². The number of nitrogens with zero attached hydrogens (tertiary/aromatic N) is 2. The van der Waals surface area contributed by atoms with Crippen molar-refractivity contribution >= 4 is 12.0 Å². The second-order valence-electron chi connectivity index (χ2n) is 6.87. The van der Waals surface area contributed by atoms with E-state index >= 15 is 0 Å². The highest BCUT2D eigenvalue weighted by molar-refractivity contribution is 5.91. The van der Waals surface area contributed by atoms with Gasteiger partial charge in [0.2, 0.25) is 11.8 Å². The quantitative estimate of drug-likeness (QED) is 0.665. The Morgan fingerprint density at radius 2 is 2.07 bits per heavy atom. The highest BCUT2D eigenvalue weighted by Crippen LogP contribution is 2.30. The van der Waals surface area contributed by atoms with Crippen LogP contribution in [0.15, 0.2) is 36.4 Å². The maximum Gasteiger partial charge on any atom is 0.243 e. The van der Waals surface area contributed by atoms with Gasteiger partial charge in [-0.25, -0.2) is 0 Å². The van der Waals surface area contributed by atoms with Crippen LogP contribution in [0.25, 0.3) is 17.3 Å². The molecule has 7 nitrogen and oxygen atoms in total. The second-order valence-corrected chi connectivity index (χ2v) is 6.87. The van der Waals surface area contributed by atoms with E-state index in [1.807, 2.05) is 7.05 Å². The molecule has 7 heteroatoms. The predicted octanol–water partition coefficient (Wildman–Crippen LogP) is 2.52. The molecule has 0 unspecified atom stereocenters. The summed E-state index contributed by atoms with van der Waals surface area (Å²) in [6.07, 6.45) is 7.48. The van der Waals surface area contributed by atoms with E-state index < -0.39 is 0 Å². The zero-order valence-corrected chi connectivity index (χ0v) is 16.2. The topological polar surface area (TPSA) is 96.4 Å². The van der Waals surface area contributed by atoms with E-state index in [2.05, 4.69) is 20.8 Å². The summed E-state index contributed by atoms with van der Waals surface area (Å²) in [5.74, 6) is 0.366. The van der Waals surface area contributed by atoms with Crippen molar-refractivity contribution in [2.24, 2.45) is 0 Å². The van der Waals surface area contributed by atoms with Gasteiger partial charge in [-0.3, -0.25) is 4.79 Å². The van der Waals surface area contributed by atoms with Gasteiger partial charge in [-0.05, 0) is 62.6 Å². The zero-order chi connectivity index (χ0) is 19.9. The SMILES string of the molecule is CNC(=O)/C=C/c1ccc(-c2ccc(O[C@@H]3CCC[C@@H](NC)C3)nn2)c(O)c1. The molecular formula is C21H26N4O3. The van der Waals surface area contributed by atoms with Crippen LogP contribution in [0.5, 0.6) is 11.6 Å². The van der Waals surface area contributed by atoms with Crippen molar-refractivity contribution in [3.05, 3.63) is 42.0 Å². The lowest BCUT2D eigenvalue weighted by Gasteiger charge is -2.28. The molecule has 1 aliphatic carbocycles. The fraction of sp³-hybridized carbons (Fsp3) is 0.381. The van der Waals surface area contributed by atoms with Gasteiger partial charge in [-0.15, -0.1) is 10.2 Å². The van der Waals surface area contributed by atoms with Crippen molar-refractivity contribution in [2.75, 3.05) is 14.1 Å². The summed E-state index contributed by atoms with van der Waals surface area (Å²) in [5, 5.41) is 24.5. The smallest absolute Gasteiger partial charge is 0.243 e. The van der Waals surface area contributed by atoms with E-state index in [0.29, 0.717) is 28.7 Å². The Bertz CT molecular complexity index is 836. The molecule has 3 rings (SSSR count). The number of phenols is 1. The van der Waals surface area contributed by atoms with E-state index in [1.54, 1.807) is 43.5 Å². The Hall–Kier alpha value is -2.93. The molecule has 1 fully saturated rings. The maximum atomic E-state index is 11.3. The largest absolute Gasteiger partial charge is 0.507 e. The Kier molecular flexibility index (Phi) is 6.60.